The van der Waals surface area contributed by atoms with Gasteiger partial charge in [-0.05, 0) is 67.4 Å². The van der Waals surface area contributed by atoms with E-state index in [1.807, 2.05) is 30.3 Å². The molecule has 8 heteroatoms. The van der Waals surface area contributed by atoms with Gasteiger partial charge < -0.3 is 15.4 Å². The highest BCUT2D eigenvalue weighted by Crippen LogP contribution is 2.19. The summed E-state index contributed by atoms with van der Waals surface area (Å²) in [5.74, 6) is -1.19. The lowest BCUT2D eigenvalue weighted by Crippen LogP contribution is -2.42. The summed E-state index contributed by atoms with van der Waals surface area (Å²) in [6.07, 6.45) is 0. The maximum atomic E-state index is 12.8. The minimum atomic E-state index is -0.432. The van der Waals surface area contributed by atoms with Crippen molar-refractivity contribution in [2.24, 2.45) is 0 Å². The minimum Gasteiger partial charge on any atom is -0.378 e. The van der Waals surface area contributed by atoms with E-state index in [-0.39, 0.29) is 12.5 Å². The molecule has 4 rings (SSSR count). The molecule has 1 heterocycles. The lowest BCUT2D eigenvalue weighted by atomic mass is 10.2. The summed E-state index contributed by atoms with van der Waals surface area (Å²) in [7, 11) is 0. The van der Waals surface area contributed by atoms with Gasteiger partial charge >= 0.3 is 0 Å². The molecule has 0 atom stereocenters. The van der Waals surface area contributed by atoms with Gasteiger partial charge in [-0.2, -0.15) is 0 Å². The predicted octanol–water partition coefficient (Wildman–Crippen LogP) is 4.18. The van der Waals surface area contributed by atoms with Crippen LogP contribution < -0.4 is 15.4 Å². The summed E-state index contributed by atoms with van der Waals surface area (Å²) in [6, 6.07) is 23.1. The number of nitrogens with one attached hydrogen (secondary N) is 3. The van der Waals surface area contributed by atoms with E-state index < -0.39 is 11.7 Å². The molecule has 1 fully saturated rings. The van der Waals surface area contributed by atoms with Crippen molar-refractivity contribution in [1.82, 2.24) is 10.0 Å². The molecule has 33 heavy (non-hydrogen) atoms. The number of carbonyl (C=O) groups is 2. The Kier molecular flexibility index (Phi) is 9.44. The smallest absolute Gasteiger partial charge is 0.251 e. The monoisotopic (exact) mass is 467 g/mol. The summed E-state index contributed by atoms with van der Waals surface area (Å²) in [4.78, 5) is 24.8. The second-order valence-corrected chi connectivity index (χ2v) is 8.28. The summed E-state index contributed by atoms with van der Waals surface area (Å²) < 4.78 is 21.2. The number of benzene rings is 3. The maximum Gasteiger partial charge on any atom is 0.251 e. The van der Waals surface area contributed by atoms with E-state index in [0.29, 0.717) is 17.3 Å². The topological polar surface area (TPSA) is 79.5 Å². The molecule has 0 saturated carbocycles. The van der Waals surface area contributed by atoms with E-state index in [0.717, 1.165) is 18.1 Å². The normalized spacial score (nSPS) is 12.7. The molecule has 3 aromatic carbocycles. The van der Waals surface area contributed by atoms with E-state index in [1.54, 1.807) is 12.1 Å². The van der Waals surface area contributed by atoms with Gasteiger partial charge in [-0.25, -0.2) is 4.39 Å². The van der Waals surface area contributed by atoms with Gasteiger partial charge in [0.15, 0.2) is 0 Å². The fourth-order valence-electron chi connectivity index (χ4n) is 2.66. The van der Waals surface area contributed by atoms with Crippen molar-refractivity contribution in [2.45, 2.75) is 17.9 Å². The first kappa shape index (κ1) is 24.4. The Bertz CT molecular complexity index is 1030. The molecular formula is C25H26FN3O3S. The van der Waals surface area contributed by atoms with Gasteiger partial charge in [0, 0.05) is 16.1 Å². The lowest BCUT2D eigenvalue weighted by molar-refractivity contribution is -0.115. The van der Waals surface area contributed by atoms with Gasteiger partial charge in [0.1, 0.15) is 5.82 Å². The zero-order valence-corrected chi connectivity index (χ0v) is 19.0. The van der Waals surface area contributed by atoms with Gasteiger partial charge in [0.05, 0.1) is 25.8 Å². The van der Waals surface area contributed by atoms with Crippen LogP contribution in [0.2, 0.25) is 0 Å². The number of rotatable bonds is 7. The molecule has 1 aliphatic rings. The van der Waals surface area contributed by atoms with Crippen LogP contribution in [0.3, 0.4) is 0 Å². The Labute approximate surface area is 197 Å². The molecule has 172 valence electrons. The number of aryl methyl sites for hydroxylation is 1. The quantitative estimate of drug-likeness (QED) is 0.454. The maximum absolute atomic E-state index is 12.8. The number of carbonyl (C=O) groups excluding carboxylic acids is 2. The largest absolute Gasteiger partial charge is 0.378 e. The highest BCUT2D eigenvalue weighted by Gasteiger charge is 2.17. The van der Waals surface area contributed by atoms with E-state index in [2.05, 4.69) is 34.4 Å². The summed E-state index contributed by atoms with van der Waals surface area (Å²) >= 11 is 1.52. The van der Waals surface area contributed by atoms with Crippen LogP contribution in [0.5, 0.6) is 0 Å². The Balaban J connectivity index is 0.000000374. The van der Waals surface area contributed by atoms with E-state index in [9.17, 15) is 14.0 Å². The molecule has 1 saturated heterocycles. The van der Waals surface area contributed by atoms with E-state index in [4.69, 9.17) is 4.74 Å². The molecular weight excluding hydrogens is 441 g/mol. The van der Waals surface area contributed by atoms with Crippen molar-refractivity contribution < 1.29 is 18.7 Å². The molecule has 3 aromatic rings. The van der Waals surface area contributed by atoms with Crippen LogP contribution in [0.15, 0.2) is 83.8 Å². The summed E-state index contributed by atoms with van der Waals surface area (Å²) in [6.45, 7) is 3.37. The third kappa shape index (κ3) is 8.69. The first-order valence-corrected chi connectivity index (χ1v) is 11.3. The summed E-state index contributed by atoms with van der Waals surface area (Å²) in [5.41, 5.74) is 2.26. The second-order valence-electron chi connectivity index (χ2n) is 7.37. The predicted molar refractivity (Wildman–Crippen MR) is 129 cm³/mol. The van der Waals surface area contributed by atoms with Crippen LogP contribution in [0.1, 0.15) is 15.9 Å². The molecule has 0 aliphatic carbocycles. The summed E-state index contributed by atoms with van der Waals surface area (Å²) in [5, 5.41) is 5.21. The lowest BCUT2D eigenvalue weighted by Gasteiger charge is -2.26. The van der Waals surface area contributed by atoms with E-state index >= 15 is 0 Å². The van der Waals surface area contributed by atoms with Crippen molar-refractivity contribution in [3.05, 3.63) is 95.8 Å². The molecule has 3 N–H and O–H groups in total. The molecule has 0 spiro atoms. The molecule has 1 aliphatic heterocycles. The second kappa shape index (κ2) is 12.7. The molecule has 0 radical (unpaired) electrons. The minimum absolute atomic E-state index is 0.171. The molecule has 0 aromatic heterocycles. The first-order chi connectivity index (χ1) is 16.0. The SMILES string of the molecule is Cc1ccccc1.O=C(CNC(=O)c1ccc(F)cc1)Nc1ccc(SNC2COC2)cc1. The molecule has 0 bridgehead atoms. The van der Waals surface area contributed by atoms with Crippen LogP contribution >= 0.6 is 11.9 Å². The number of hydrogen-bond donors (Lipinski definition) is 3. The fourth-order valence-corrected chi connectivity index (χ4v) is 3.38. The van der Waals surface area contributed by atoms with Gasteiger partial charge in [0.2, 0.25) is 5.91 Å². The Morgan fingerprint density at radius 1 is 0.970 bits per heavy atom. The average molecular weight is 468 g/mol. The van der Waals surface area contributed by atoms with Crippen molar-refractivity contribution in [3.63, 3.8) is 0 Å². The molecule has 2 amide bonds. The Morgan fingerprint density at radius 2 is 1.64 bits per heavy atom. The van der Waals surface area contributed by atoms with Crippen molar-refractivity contribution in [1.29, 1.82) is 0 Å². The Hall–Kier alpha value is -3.20. The van der Waals surface area contributed by atoms with Crippen molar-refractivity contribution >= 4 is 29.4 Å². The molecule has 6 nitrogen and oxygen atoms in total. The first-order valence-electron chi connectivity index (χ1n) is 10.4. The number of halogens is 1. The standard InChI is InChI=1S/C18H18FN3O3S.C7H8/c19-13-3-1-12(2-4-13)18(24)20-9-17(23)21-14-5-7-16(8-6-14)26-22-15-10-25-11-15;1-7-5-3-2-4-6-7/h1-8,15,22H,9-11H2,(H,20,24)(H,21,23);2-6H,1H3. The van der Waals surface area contributed by atoms with Crippen LogP contribution in [0.4, 0.5) is 10.1 Å². The van der Waals surface area contributed by atoms with Gasteiger partial charge in [0.25, 0.3) is 5.91 Å². The average Bonchev–Trinajstić information content (AvgIpc) is 2.79. The van der Waals surface area contributed by atoms with Crippen LogP contribution in [-0.4, -0.2) is 37.6 Å². The Morgan fingerprint density at radius 3 is 2.18 bits per heavy atom. The van der Waals surface area contributed by atoms with Gasteiger partial charge in [-0.1, -0.05) is 35.9 Å². The van der Waals surface area contributed by atoms with Crippen molar-refractivity contribution in [2.75, 3.05) is 25.1 Å². The highest BCUT2D eigenvalue weighted by atomic mass is 32.2. The van der Waals surface area contributed by atoms with Crippen molar-refractivity contribution in [3.8, 4) is 0 Å². The number of anilines is 1. The van der Waals surface area contributed by atoms with Crippen LogP contribution in [0, 0.1) is 12.7 Å². The molecule has 0 unspecified atom stereocenters. The third-order valence-corrected chi connectivity index (χ3v) is 5.54. The van der Waals surface area contributed by atoms with Gasteiger partial charge in [-0.3, -0.25) is 14.3 Å². The number of ether oxygens (including phenoxy) is 1. The van der Waals surface area contributed by atoms with Crippen LogP contribution in [0.25, 0.3) is 0 Å². The zero-order valence-electron chi connectivity index (χ0n) is 18.2. The van der Waals surface area contributed by atoms with E-state index in [1.165, 1.54) is 41.8 Å². The fraction of sp³-hybridized carbons (Fsp3) is 0.200. The third-order valence-electron chi connectivity index (χ3n) is 4.58. The highest BCUT2D eigenvalue weighted by molar-refractivity contribution is 7.97. The van der Waals surface area contributed by atoms with Gasteiger partial charge in [-0.15, -0.1) is 0 Å². The number of amides is 2. The zero-order chi connectivity index (χ0) is 23.5. The van der Waals surface area contributed by atoms with Crippen LogP contribution in [-0.2, 0) is 9.53 Å². The number of hydrogen-bond acceptors (Lipinski definition) is 5.